The van der Waals surface area contributed by atoms with E-state index in [0.29, 0.717) is 0 Å². The SMILES string of the molecule is CCNCc1cnc(N(C)C2CC2)s1. The van der Waals surface area contributed by atoms with Crippen LogP contribution in [0.15, 0.2) is 6.20 Å². The van der Waals surface area contributed by atoms with Gasteiger partial charge in [-0.05, 0) is 19.4 Å². The molecule has 0 amide bonds. The van der Waals surface area contributed by atoms with E-state index in [4.69, 9.17) is 0 Å². The molecular weight excluding hydrogens is 194 g/mol. The van der Waals surface area contributed by atoms with E-state index in [2.05, 4.69) is 29.2 Å². The zero-order valence-corrected chi connectivity index (χ0v) is 9.60. The van der Waals surface area contributed by atoms with Crippen molar-refractivity contribution in [2.45, 2.75) is 32.4 Å². The molecule has 0 aliphatic heterocycles. The maximum Gasteiger partial charge on any atom is 0.185 e. The van der Waals surface area contributed by atoms with Crippen molar-refractivity contribution < 1.29 is 0 Å². The van der Waals surface area contributed by atoms with Gasteiger partial charge in [-0.3, -0.25) is 0 Å². The molecule has 4 heteroatoms. The van der Waals surface area contributed by atoms with Crippen LogP contribution in [0.25, 0.3) is 0 Å². The summed E-state index contributed by atoms with van der Waals surface area (Å²) in [6, 6.07) is 0.758. The van der Waals surface area contributed by atoms with E-state index in [9.17, 15) is 0 Å². The van der Waals surface area contributed by atoms with Crippen LogP contribution in [0.3, 0.4) is 0 Å². The van der Waals surface area contributed by atoms with Crippen LogP contribution >= 0.6 is 11.3 Å². The smallest absolute Gasteiger partial charge is 0.185 e. The summed E-state index contributed by atoms with van der Waals surface area (Å²) >= 11 is 1.80. The van der Waals surface area contributed by atoms with E-state index in [1.165, 1.54) is 22.9 Å². The molecule has 1 N–H and O–H groups in total. The lowest BCUT2D eigenvalue weighted by Crippen LogP contribution is -2.18. The van der Waals surface area contributed by atoms with Crippen molar-refractivity contribution in [1.29, 1.82) is 0 Å². The van der Waals surface area contributed by atoms with Gasteiger partial charge in [-0.1, -0.05) is 6.92 Å². The van der Waals surface area contributed by atoms with E-state index in [0.717, 1.165) is 19.1 Å². The Labute approximate surface area is 89.1 Å². The van der Waals surface area contributed by atoms with Crippen molar-refractivity contribution >= 4 is 16.5 Å². The van der Waals surface area contributed by atoms with Crippen LogP contribution < -0.4 is 10.2 Å². The summed E-state index contributed by atoms with van der Waals surface area (Å²) in [6.45, 7) is 4.09. The third-order valence-electron chi connectivity index (χ3n) is 2.49. The average Bonchev–Trinajstić information content (AvgIpc) is 2.94. The van der Waals surface area contributed by atoms with E-state index in [1.807, 2.05) is 6.20 Å². The van der Waals surface area contributed by atoms with Gasteiger partial charge in [0.1, 0.15) is 0 Å². The maximum absolute atomic E-state index is 4.43. The van der Waals surface area contributed by atoms with Gasteiger partial charge in [0.15, 0.2) is 5.13 Å². The Morgan fingerprint density at radius 2 is 2.43 bits per heavy atom. The summed E-state index contributed by atoms with van der Waals surface area (Å²) < 4.78 is 0. The number of nitrogens with zero attached hydrogens (tertiary/aromatic N) is 2. The first-order valence-electron chi connectivity index (χ1n) is 5.19. The minimum absolute atomic E-state index is 0.758. The van der Waals surface area contributed by atoms with Gasteiger partial charge in [0, 0.05) is 30.7 Å². The summed E-state index contributed by atoms with van der Waals surface area (Å²) in [4.78, 5) is 8.07. The highest BCUT2D eigenvalue weighted by Crippen LogP contribution is 2.32. The van der Waals surface area contributed by atoms with Crippen LogP contribution in [-0.2, 0) is 6.54 Å². The van der Waals surface area contributed by atoms with E-state index >= 15 is 0 Å². The molecule has 0 radical (unpaired) electrons. The zero-order chi connectivity index (χ0) is 9.97. The first-order chi connectivity index (χ1) is 6.81. The molecule has 3 nitrogen and oxygen atoms in total. The maximum atomic E-state index is 4.43. The number of rotatable bonds is 5. The molecule has 0 saturated heterocycles. The minimum atomic E-state index is 0.758. The number of hydrogen-bond donors (Lipinski definition) is 1. The number of nitrogens with one attached hydrogen (secondary N) is 1. The molecule has 2 rings (SSSR count). The molecule has 1 saturated carbocycles. The molecule has 0 bridgehead atoms. The standard InChI is InChI=1S/C10H17N3S/c1-3-11-6-9-7-12-10(14-9)13(2)8-4-5-8/h7-8,11H,3-6H2,1-2H3. The van der Waals surface area contributed by atoms with Crippen LogP contribution in [0.4, 0.5) is 5.13 Å². The second kappa shape index (κ2) is 4.28. The molecule has 1 fully saturated rings. The average molecular weight is 211 g/mol. The number of aromatic nitrogens is 1. The monoisotopic (exact) mass is 211 g/mol. The fourth-order valence-corrected chi connectivity index (χ4v) is 2.32. The Kier molecular flexibility index (Phi) is 3.03. The molecule has 1 aromatic rings. The van der Waals surface area contributed by atoms with Crippen molar-refractivity contribution in [2.75, 3.05) is 18.5 Å². The molecule has 1 aliphatic rings. The Bertz CT molecular complexity index is 293. The van der Waals surface area contributed by atoms with Crippen molar-refractivity contribution in [1.82, 2.24) is 10.3 Å². The minimum Gasteiger partial charge on any atom is -0.348 e. The molecule has 0 spiro atoms. The van der Waals surface area contributed by atoms with Crippen LogP contribution in [0, 0.1) is 0 Å². The molecular formula is C10H17N3S. The van der Waals surface area contributed by atoms with Crippen LogP contribution in [-0.4, -0.2) is 24.6 Å². The van der Waals surface area contributed by atoms with Gasteiger partial charge >= 0.3 is 0 Å². The van der Waals surface area contributed by atoms with Crippen molar-refractivity contribution in [3.8, 4) is 0 Å². The molecule has 14 heavy (non-hydrogen) atoms. The molecule has 0 unspecified atom stereocenters. The predicted octanol–water partition coefficient (Wildman–Crippen LogP) is 1.85. The highest BCUT2D eigenvalue weighted by Gasteiger charge is 2.27. The molecule has 78 valence electrons. The summed E-state index contributed by atoms with van der Waals surface area (Å²) in [5.41, 5.74) is 0. The third-order valence-corrected chi connectivity index (χ3v) is 3.57. The van der Waals surface area contributed by atoms with E-state index in [1.54, 1.807) is 11.3 Å². The predicted molar refractivity (Wildman–Crippen MR) is 60.9 cm³/mol. The molecule has 1 aliphatic carbocycles. The lowest BCUT2D eigenvalue weighted by molar-refractivity contribution is 0.734. The highest BCUT2D eigenvalue weighted by molar-refractivity contribution is 7.15. The Hall–Kier alpha value is -0.610. The topological polar surface area (TPSA) is 28.2 Å². The Morgan fingerprint density at radius 3 is 3.07 bits per heavy atom. The number of hydrogen-bond acceptors (Lipinski definition) is 4. The fourth-order valence-electron chi connectivity index (χ4n) is 1.41. The molecule has 1 aromatic heterocycles. The largest absolute Gasteiger partial charge is 0.348 e. The summed E-state index contributed by atoms with van der Waals surface area (Å²) in [5.74, 6) is 0. The summed E-state index contributed by atoms with van der Waals surface area (Å²) in [6.07, 6.45) is 4.65. The van der Waals surface area contributed by atoms with Crippen LogP contribution in [0.2, 0.25) is 0 Å². The molecule has 0 atom stereocenters. The first kappa shape index (κ1) is 9.93. The van der Waals surface area contributed by atoms with E-state index in [-0.39, 0.29) is 0 Å². The molecule has 0 aromatic carbocycles. The summed E-state index contributed by atoms with van der Waals surface area (Å²) in [5, 5.41) is 4.48. The van der Waals surface area contributed by atoms with Gasteiger partial charge in [-0.25, -0.2) is 4.98 Å². The van der Waals surface area contributed by atoms with Crippen LogP contribution in [0.1, 0.15) is 24.6 Å². The van der Waals surface area contributed by atoms with E-state index < -0.39 is 0 Å². The van der Waals surface area contributed by atoms with Gasteiger partial charge in [0.05, 0.1) is 0 Å². The van der Waals surface area contributed by atoms with Crippen molar-refractivity contribution in [3.05, 3.63) is 11.1 Å². The summed E-state index contributed by atoms with van der Waals surface area (Å²) in [7, 11) is 2.15. The van der Waals surface area contributed by atoms with Gasteiger partial charge in [0.25, 0.3) is 0 Å². The fraction of sp³-hybridized carbons (Fsp3) is 0.700. The van der Waals surface area contributed by atoms with Gasteiger partial charge < -0.3 is 10.2 Å². The zero-order valence-electron chi connectivity index (χ0n) is 8.79. The second-order valence-corrected chi connectivity index (χ2v) is 4.83. The Balaban J connectivity index is 1.94. The number of thiazole rings is 1. The lowest BCUT2D eigenvalue weighted by atomic mass is 10.5. The van der Waals surface area contributed by atoms with Gasteiger partial charge in [-0.15, -0.1) is 11.3 Å². The normalized spacial score (nSPS) is 15.9. The second-order valence-electron chi connectivity index (χ2n) is 3.73. The van der Waals surface area contributed by atoms with Gasteiger partial charge in [-0.2, -0.15) is 0 Å². The first-order valence-corrected chi connectivity index (χ1v) is 6.01. The lowest BCUT2D eigenvalue weighted by Gasteiger charge is -2.13. The van der Waals surface area contributed by atoms with Crippen molar-refractivity contribution in [2.24, 2.45) is 0 Å². The highest BCUT2D eigenvalue weighted by atomic mass is 32.1. The quantitative estimate of drug-likeness (QED) is 0.805. The molecule has 1 heterocycles. The van der Waals surface area contributed by atoms with Crippen molar-refractivity contribution in [3.63, 3.8) is 0 Å². The van der Waals surface area contributed by atoms with Gasteiger partial charge in [0.2, 0.25) is 0 Å². The van der Waals surface area contributed by atoms with Crippen LogP contribution in [0.5, 0.6) is 0 Å². The number of anilines is 1. The Morgan fingerprint density at radius 1 is 1.64 bits per heavy atom. The third kappa shape index (κ3) is 2.25.